The Kier molecular flexibility index (Phi) is 3.19. The Morgan fingerprint density at radius 1 is 1.14 bits per heavy atom. The molecule has 2 fully saturated rings. The van der Waals surface area contributed by atoms with Crippen molar-refractivity contribution in [2.45, 2.75) is 30.9 Å². The summed E-state index contributed by atoms with van der Waals surface area (Å²) >= 11 is 3.45. The first kappa shape index (κ1) is 10.9. The highest BCUT2D eigenvalue weighted by Crippen LogP contribution is 2.33. The molecule has 0 aromatic rings. The quantitative estimate of drug-likeness (QED) is 0.737. The van der Waals surface area contributed by atoms with Crippen LogP contribution >= 0.6 is 15.9 Å². The normalized spacial score (nSPS) is 26.6. The van der Waals surface area contributed by atoms with Gasteiger partial charge in [-0.15, -0.1) is 0 Å². The average molecular weight is 282 g/mol. The van der Waals surface area contributed by atoms with Crippen LogP contribution < -0.4 is 0 Å². The van der Waals surface area contributed by atoms with E-state index >= 15 is 0 Å². The average Bonchev–Trinajstić information content (AvgIpc) is 3.01. The Balaban J connectivity index is 1.94. The van der Waals surface area contributed by atoms with Crippen molar-refractivity contribution in [3.63, 3.8) is 0 Å². The van der Waals surface area contributed by atoms with E-state index in [2.05, 4.69) is 15.9 Å². The smallest absolute Gasteiger partial charge is 0.212 e. The summed E-state index contributed by atoms with van der Waals surface area (Å²) in [5, 5.41) is 0.965. The molecule has 1 saturated heterocycles. The Bertz CT molecular complexity index is 292. The molecule has 1 aliphatic heterocycles. The van der Waals surface area contributed by atoms with Gasteiger partial charge in [0, 0.05) is 18.4 Å². The maximum Gasteiger partial charge on any atom is 0.216 e. The fourth-order valence-corrected chi connectivity index (χ4v) is 4.42. The first-order valence-electron chi connectivity index (χ1n) is 5.19. The zero-order valence-corrected chi connectivity index (χ0v) is 10.6. The third-order valence-corrected chi connectivity index (χ3v) is 6.41. The summed E-state index contributed by atoms with van der Waals surface area (Å²) < 4.78 is 25.4. The van der Waals surface area contributed by atoms with Crippen LogP contribution in [0.1, 0.15) is 25.7 Å². The highest BCUT2D eigenvalue weighted by Gasteiger charge is 2.40. The van der Waals surface area contributed by atoms with Crippen molar-refractivity contribution in [1.29, 1.82) is 0 Å². The highest BCUT2D eigenvalue weighted by atomic mass is 79.9. The molecule has 0 bridgehead atoms. The molecule has 2 rings (SSSR count). The van der Waals surface area contributed by atoms with Gasteiger partial charge < -0.3 is 0 Å². The molecular formula is C9H16BrNO2S. The second kappa shape index (κ2) is 4.10. The number of hydrogen-bond donors (Lipinski definition) is 0. The summed E-state index contributed by atoms with van der Waals surface area (Å²) in [7, 11) is -2.90. The van der Waals surface area contributed by atoms with Crippen molar-refractivity contribution in [2.24, 2.45) is 5.92 Å². The third-order valence-electron chi connectivity index (χ3n) is 3.10. The lowest BCUT2D eigenvalue weighted by atomic mass is 10.0. The number of rotatable bonds is 3. The fourth-order valence-electron chi connectivity index (χ4n) is 1.89. The summed E-state index contributed by atoms with van der Waals surface area (Å²) in [5.41, 5.74) is 0. The number of sulfonamides is 1. The lowest BCUT2D eigenvalue weighted by molar-refractivity contribution is 0.291. The molecule has 2 aliphatic rings. The molecule has 1 aliphatic carbocycles. The van der Waals surface area contributed by atoms with E-state index in [0.29, 0.717) is 5.92 Å². The number of alkyl halides is 1. The Morgan fingerprint density at radius 3 is 2.14 bits per heavy atom. The SMILES string of the molecule is O=S(=O)(C1CC1)N1CCC(CBr)CC1. The van der Waals surface area contributed by atoms with Crippen LogP contribution in [0.5, 0.6) is 0 Å². The molecular weight excluding hydrogens is 266 g/mol. The number of halogens is 1. The van der Waals surface area contributed by atoms with Crippen molar-refractivity contribution >= 4 is 26.0 Å². The van der Waals surface area contributed by atoms with Crippen LogP contribution in [0, 0.1) is 5.92 Å². The minimum atomic E-state index is -2.90. The number of piperidine rings is 1. The van der Waals surface area contributed by atoms with Gasteiger partial charge in [0.15, 0.2) is 0 Å². The number of hydrogen-bond acceptors (Lipinski definition) is 2. The minimum absolute atomic E-state index is 0.0389. The van der Waals surface area contributed by atoms with Gasteiger partial charge in [-0.2, -0.15) is 0 Å². The lowest BCUT2D eigenvalue weighted by Gasteiger charge is -2.30. The first-order chi connectivity index (χ1) is 6.64. The van der Waals surface area contributed by atoms with Gasteiger partial charge in [0.25, 0.3) is 0 Å². The van der Waals surface area contributed by atoms with E-state index in [1.807, 2.05) is 0 Å². The summed E-state index contributed by atoms with van der Waals surface area (Å²) in [6.45, 7) is 1.46. The molecule has 1 heterocycles. The zero-order valence-electron chi connectivity index (χ0n) is 8.15. The van der Waals surface area contributed by atoms with Crippen molar-refractivity contribution in [2.75, 3.05) is 18.4 Å². The van der Waals surface area contributed by atoms with Crippen LogP contribution in [-0.4, -0.2) is 36.4 Å². The van der Waals surface area contributed by atoms with Gasteiger partial charge in [-0.1, -0.05) is 15.9 Å². The van der Waals surface area contributed by atoms with E-state index in [4.69, 9.17) is 0 Å². The van der Waals surface area contributed by atoms with Crippen LogP contribution in [0.3, 0.4) is 0 Å². The third kappa shape index (κ3) is 2.14. The second-order valence-electron chi connectivity index (χ2n) is 4.24. The minimum Gasteiger partial charge on any atom is -0.212 e. The van der Waals surface area contributed by atoms with Crippen molar-refractivity contribution in [1.82, 2.24) is 4.31 Å². The molecule has 0 spiro atoms. The summed E-state index contributed by atoms with van der Waals surface area (Å²) in [6, 6.07) is 0. The predicted molar refractivity (Wildman–Crippen MR) is 60.0 cm³/mol. The molecule has 0 amide bonds. The van der Waals surface area contributed by atoms with Crippen LogP contribution in [0.15, 0.2) is 0 Å². The largest absolute Gasteiger partial charge is 0.216 e. The van der Waals surface area contributed by atoms with E-state index in [-0.39, 0.29) is 5.25 Å². The van der Waals surface area contributed by atoms with Gasteiger partial charge in [0.2, 0.25) is 10.0 Å². The first-order valence-corrected chi connectivity index (χ1v) is 7.82. The molecule has 82 valence electrons. The van der Waals surface area contributed by atoms with Crippen LogP contribution in [-0.2, 0) is 10.0 Å². The number of nitrogens with zero attached hydrogens (tertiary/aromatic N) is 1. The van der Waals surface area contributed by atoms with Gasteiger partial charge in [0.1, 0.15) is 0 Å². The fraction of sp³-hybridized carbons (Fsp3) is 1.00. The van der Waals surface area contributed by atoms with Gasteiger partial charge in [-0.25, -0.2) is 12.7 Å². The standard InChI is InChI=1S/C9H16BrNO2S/c10-7-8-3-5-11(6-4-8)14(12,13)9-1-2-9/h8-9H,1-7H2. The molecule has 1 saturated carbocycles. The van der Waals surface area contributed by atoms with Crippen LogP contribution in [0.2, 0.25) is 0 Å². The topological polar surface area (TPSA) is 37.4 Å². The molecule has 0 aromatic carbocycles. The molecule has 0 aromatic heterocycles. The molecule has 14 heavy (non-hydrogen) atoms. The van der Waals surface area contributed by atoms with Gasteiger partial charge in [-0.3, -0.25) is 0 Å². The Labute approximate surface area is 94.0 Å². The summed E-state index contributed by atoms with van der Waals surface area (Å²) in [4.78, 5) is 0. The monoisotopic (exact) mass is 281 g/mol. The van der Waals surface area contributed by atoms with E-state index < -0.39 is 10.0 Å². The molecule has 5 heteroatoms. The van der Waals surface area contributed by atoms with Gasteiger partial charge in [-0.05, 0) is 31.6 Å². The van der Waals surface area contributed by atoms with Crippen molar-refractivity contribution in [3.8, 4) is 0 Å². The predicted octanol–water partition coefficient (Wildman–Crippen LogP) is 1.59. The van der Waals surface area contributed by atoms with E-state index in [9.17, 15) is 8.42 Å². The van der Waals surface area contributed by atoms with E-state index in [0.717, 1.165) is 44.1 Å². The maximum absolute atomic E-state index is 11.9. The zero-order chi connectivity index (χ0) is 10.2. The van der Waals surface area contributed by atoms with Gasteiger partial charge in [0.05, 0.1) is 5.25 Å². The van der Waals surface area contributed by atoms with Crippen LogP contribution in [0.25, 0.3) is 0 Å². The molecule has 0 atom stereocenters. The van der Waals surface area contributed by atoms with Crippen LogP contribution in [0.4, 0.5) is 0 Å². The van der Waals surface area contributed by atoms with E-state index in [1.165, 1.54) is 0 Å². The molecule has 0 radical (unpaired) electrons. The summed E-state index contributed by atoms with van der Waals surface area (Å²) in [5.74, 6) is 0.667. The van der Waals surface area contributed by atoms with E-state index in [1.54, 1.807) is 4.31 Å². The maximum atomic E-state index is 11.9. The molecule has 0 N–H and O–H groups in total. The summed E-state index contributed by atoms with van der Waals surface area (Å²) in [6.07, 6.45) is 3.77. The highest BCUT2D eigenvalue weighted by molar-refractivity contribution is 9.09. The van der Waals surface area contributed by atoms with Gasteiger partial charge >= 0.3 is 0 Å². The Hall–Kier alpha value is 0.390. The van der Waals surface area contributed by atoms with Crippen molar-refractivity contribution in [3.05, 3.63) is 0 Å². The molecule has 3 nitrogen and oxygen atoms in total. The second-order valence-corrected chi connectivity index (χ2v) is 7.10. The Morgan fingerprint density at radius 2 is 1.71 bits per heavy atom. The van der Waals surface area contributed by atoms with Crippen molar-refractivity contribution < 1.29 is 8.42 Å². The lowest BCUT2D eigenvalue weighted by Crippen LogP contribution is -2.40. The molecule has 0 unspecified atom stereocenters.